The Labute approximate surface area is 112 Å². The van der Waals surface area contributed by atoms with Crippen molar-refractivity contribution in [2.75, 3.05) is 13.2 Å². The van der Waals surface area contributed by atoms with Crippen LogP contribution in [0.4, 0.5) is 0 Å². The first-order chi connectivity index (χ1) is 9.15. The van der Waals surface area contributed by atoms with Crippen molar-refractivity contribution in [3.05, 3.63) is 30.3 Å². The van der Waals surface area contributed by atoms with Gasteiger partial charge in [0.05, 0.1) is 13.2 Å². The van der Waals surface area contributed by atoms with Gasteiger partial charge in [-0.05, 0) is 19.1 Å². The number of cyclic esters (lactones) is 1. The van der Waals surface area contributed by atoms with Crippen molar-refractivity contribution in [1.82, 2.24) is 0 Å². The number of benzene rings is 1. The Morgan fingerprint density at radius 2 is 2.00 bits per heavy atom. The van der Waals surface area contributed by atoms with Crippen molar-refractivity contribution < 1.29 is 19.0 Å². The number of esters is 1. The summed E-state index contributed by atoms with van der Waals surface area (Å²) in [4.78, 5) is 11.5. The molecule has 2 unspecified atom stereocenters. The average Bonchev–Trinajstić information content (AvgIpc) is 2.43. The highest BCUT2D eigenvalue weighted by atomic mass is 16.6. The lowest BCUT2D eigenvalue weighted by molar-refractivity contribution is -0.150. The predicted molar refractivity (Wildman–Crippen MR) is 69.8 cm³/mol. The summed E-state index contributed by atoms with van der Waals surface area (Å²) in [6.45, 7) is 2.38. The van der Waals surface area contributed by atoms with Gasteiger partial charge < -0.3 is 19.9 Å². The largest absolute Gasteiger partial charge is 0.488 e. The van der Waals surface area contributed by atoms with Crippen molar-refractivity contribution in [3.63, 3.8) is 0 Å². The second kappa shape index (κ2) is 6.54. The van der Waals surface area contributed by atoms with E-state index in [1.807, 2.05) is 37.3 Å². The Morgan fingerprint density at radius 1 is 1.26 bits per heavy atom. The maximum absolute atomic E-state index is 11.5. The van der Waals surface area contributed by atoms with Crippen LogP contribution in [0.1, 0.15) is 13.3 Å². The molecule has 1 aliphatic rings. The molecular formula is C14H19NO4. The third-order valence-electron chi connectivity index (χ3n) is 2.86. The van der Waals surface area contributed by atoms with Crippen LogP contribution < -0.4 is 10.5 Å². The molecule has 1 saturated heterocycles. The van der Waals surface area contributed by atoms with Gasteiger partial charge in [-0.3, -0.25) is 4.79 Å². The number of para-hydroxylation sites is 1. The molecule has 2 rings (SSSR count). The molecule has 3 atom stereocenters. The lowest BCUT2D eigenvalue weighted by Crippen LogP contribution is -2.37. The van der Waals surface area contributed by atoms with Crippen molar-refractivity contribution >= 4 is 5.97 Å². The Morgan fingerprint density at radius 3 is 2.74 bits per heavy atom. The van der Waals surface area contributed by atoms with Crippen molar-refractivity contribution in [3.8, 4) is 5.75 Å². The van der Waals surface area contributed by atoms with E-state index in [1.165, 1.54) is 0 Å². The first-order valence-electron chi connectivity index (χ1n) is 6.40. The van der Waals surface area contributed by atoms with Gasteiger partial charge in [0.2, 0.25) is 0 Å². The molecule has 5 nitrogen and oxygen atoms in total. The standard InChI is InChI=1S/C14H19NO4/c1-10-7-12(19-11-5-3-2-4-6-11)8-17-9-13(15)14(16)18-10/h2-6,10,12-13H,7-9,15H2,1H3/t10?,12?,13-/m0/s1. The normalized spacial score (nSPS) is 28.7. The summed E-state index contributed by atoms with van der Waals surface area (Å²) in [5.41, 5.74) is 5.64. The topological polar surface area (TPSA) is 70.8 Å². The molecule has 0 radical (unpaired) electrons. The lowest BCUT2D eigenvalue weighted by atomic mass is 10.2. The summed E-state index contributed by atoms with van der Waals surface area (Å²) in [5, 5.41) is 0. The molecule has 0 amide bonds. The Hall–Kier alpha value is -1.59. The van der Waals surface area contributed by atoms with E-state index in [-0.39, 0.29) is 18.8 Å². The van der Waals surface area contributed by atoms with Crippen LogP contribution in [0.25, 0.3) is 0 Å². The molecular weight excluding hydrogens is 246 g/mol. The number of ether oxygens (including phenoxy) is 3. The zero-order chi connectivity index (χ0) is 13.7. The Bertz CT molecular complexity index is 409. The summed E-state index contributed by atoms with van der Waals surface area (Å²) in [6.07, 6.45) is 0.178. The van der Waals surface area contributed by atoms with Crippen LogP contribution in [0.2, 0.25) is 0 Å². The molecule has 0 bridgehead atoms. The molecule has 0 aliphatic carbocycles. The summed E-state index contributed by atoms with van der Waals surface area (Å²) >= 11 is 0. The molecule has 1 aromatic carbocycles. The van der Waals surface area contributed by atoms with Gasteiger partial charge in [0.25, 0.3) is 0 Å². The van der Waals surface area contributed by atoms with Crippen LogP contribution in [0.3, 0.4) is 0 Å². The maximum atomic E-state index is 11.5. The van der Waals surface area contributed by atoms with Crippen LogP contribution >= 0.6 is 0 Å². The minimum atomic E-state index is -0.724. The van der Waals surface area contributed by atoms with Crippen molar-refractivity contribution in [1.29, 1.82) is 0 Å². The van der Waals surface area contributed by atoms with E-state index in [0.717, 1.165) is 5.75 Å². The van der Waals surface area contributed by atoms with E-state index >= 15 is 0 Å². The number of hydrogen-bond donors (Lipinski definition) is 1. The highest BCUT2D eigenvalue weighted by Gasteiger charge is 2.25. The molecule has 1 fully saturated rings. The Kier molecular flexibility index (Phi) is 4.76. The van der Waals surface area contributed by atoms with Gasteiger partial charge in [-0.1, -0.05) is 18.2 Å². The Balaban J connectivity index is 1.98. The number of nitrogens with two attached hydrogens (primary N) is 1. The van der Waals surface area contributed by atoms with Crippen LogP contribution in [0.5, 0.6) is 5.75 Å². The van der Waals surface area contributed by atoms with Crippen LogP contribution in [-0.2, 0) is 14.3 Å². The molecule has 1 aliphatic heterocycles. The van der Waals surface area contributed by atoms with Crippen molar-refractivity contribution in [2.45, 2.75) is 31.6 Å². The zero-order valence-electron chi connectivity index (χ0n) is 11.0. The average molecular weight is 265 g/mol. The van der Waals surface area contributed by atoms with E-state index in [0.29, 0.717) is 13.0 Å². The third-order valence-corrected chi connectivity index (χ3v) is 2.86. The SMILES string of the molecule is CC1CC(Oc2ccccc2)COC[C@H](N)C(=O)O1. The van der Waals surface area contributed by atoms with Crippen LogP contribution in [-0.4, -0.2) is 37.4 Å². The quantitative estimate of drug-likeness (QED) is 0.811. The fraction of sp³-hybridized carbons (Fsp3) is 0.500. The van der Waals surface area contributed by atoms with Crippen LogP contribution in [0, 0.1) is 0 Å². The van der Waals surface area contributed by atoms with Crippen LogP contribution in [0.15, 0.2) is 30.3 Å². The van der Waals surface area contributed by atoms with Gasteiger partial charge in [-0.25, -0.2) is 0 Å². The fourth-order valence-corrected chi connectivity index (χ4v) is 1.94. The van der Waals surface area contributed by atoms with Crippen molar-refractivity contribution in [2.24, 2.45) is 5.73 Å². The molecule has 0 aromatic heterocycles. The second-order valence-corrected chi connectivity index (χ2v) is 4.68. The number of hydrogen-bond acceptors (Lipinski definition) is 5. The van der Waals surface area contributed by atoms with E-state index in [2.05, 4.69) is 0 Å². The smallest absolute Gasteiger partial charge is 0.325 e. The van der Waals surface area contributed by atoms with Gasteiger partial charge in [0, 0.05) is 6.42 Å². The fourth-order valence-electron chi connectivity index (χ4n) is 1.94. The first-order valence-corrected chi connectivity index (χ1v) is 6.40. The molecule has 1 aromatic rings. The maximum Gasteiger partial charge on any atom is 0.325 e. The number of rotatable bonds is 2. The number of carbonyl (C=O) groups excluding carboxylic acids is 1. The highest BCUT2D eigenvalue weighted by Crippen LogP contribution is 2.16. The van der Waals surface area contributed by atoms with E-state index in [4.69, 9.17) is 19.9 Å². The highest BCUT2D eigenvalue weighted by molar-refractivity contribution is 5.75. The van der Waals surface area contributed by atoms with Gasteiger partial charge in [0.1, 0.15) is 24.0 Å². The second-order valence-electron chi connectivity index (χ2n) is 4.68. The first kappa shape index (κ1) is 13.8. The van der Waals surface area contributed by atoms with Gasteiger partial charge in [-0.15, -0.1) is 0 Å². The summed E-state index contributed by atoms with van der Waals surface area (Å²) < 4.78 is 16.5. The van der Waals surface area contributed by atoms with Gasteiger partial charge in [-0.2, -0.15) is 0 Å². The molecule has 0 saturated carbocycles. The minimum absolute atomic E-state index is 0.153. The minimum Gasteiger partial charge on any atom is -0.488 e. The van der Waals surface area contributed by atoms with E-state index < -0.39 is 12.0 Å². The molecule has 19 heavy (non-hydrogen) atoms. The molecule has 104 valence electrons. The third kappa shape index (κ3) is 4.22. The van der Waals surface area contributed by atoms with E-state index in [9.17, 15) is 4.79 Å². The zero-order valence-corrected chi connectivity index (χ0v) is 11.0. The lowest BCUT2D eigenvalue weighted by Gasteiger charge is -2.20. The summed E-state index contributed by atoms with van der Waals surface area (Å²) in [6, 6.07) is 8.79. The number of carbonyl (C=O) groups is 1. The predicted octanol–water partition coefficient (Wildman–Crippen LogP) is 1.11. The summed E-state index contributed by atoms with van der Waals surface area (Å²) in [7, 11) is 0. The molecule has 5 heteroatoms. The van der Waals surface area contributed by atoms with Gasteiger partial charge >= 0.3 is 5.97 Å². The monoisotopic (exact) mass is 265 g/mol. The van der Waals surface area contributed by atoms with Gasteiger partial charge in [0.15, 0.2) is 0 Å². The molecule has 0 spiro atoms. The summed E-state index contributed by atoms with van der Waals surface area (Å²) in [5.74, 6) is 0.353. The molecule has 2 N–H and O–H groups in total. The molecule has 1 heterocycles. The van der Waals surface area contributed by atoms with E-state index in [1.54, 1.807) is 0 Å².